The molecule has 0 aliphatic heterocycles. The first kappa shape index (κ1) is 10.9. The summed E-state index contributed by atoms with van der Waals surface area (Å²) >= 11 is 0. The molecule has 1 saturated carbocycles. The van der Waals surface area contributed by atoms with Gasteiger partial charge >= 0.3 is 5.97 Å². The van der Waals surface area contributed by atoms with Crippen molar-refractivity contribution in [1.82, 2.24) is 0 Å². The highest BCUT2D eigenvalue weighted by atomic mass is 19.1. The number of hydrogen-bond acceptors (Lipinski definition) is 2. The summed E-state index contributed by atoms with van der Waals surface area (Å²) in [5.74, 6) is -2.79. The molecule has 1 aromatic rings. The molecule has 0 bridgehead atoms. The van der Waals surface area contributed by atoms with E-state index in [1.54, 1.807) is 0 Å². The molecule has 16 heavy (non-hydrogen) atoms. The minimum absolute atomic E-state index is 0.0441. The van der Waals surface area contributed by atoms with E-state index in [1.165, 1.54) is 7.11 Å². The minimum Gasteiger partial charge on any atom is -0.496 e. The molecule has 1 aliphatic carbocycles. The van der Waals surface area contributed by atoms with Gasteiger partial charge in [0.05, 0.1) is 12.5 Å². The number of carboxylic acids is 1. The molecule has 0 aromatic heterocycles. The Morgan fingerprint density at radius 2 is 2.06 bits per heavy atom. The highest BCUT2D eigenvalue weighted by molar-refractivity contribution is 5.86. The largest absolute Gasteiger partial charge is 0.496 e. The van der Waals surface area contributed by atoms with E-state index in [4.69, 9.17) is 9.84 Å². The van der Waals surface area contributed by atoms with Gasteiger partial charge in [0.1, 0.15) is 17.4 Å². The fourth-order valence-electron chi connectivity index (χ4n) is 1.87. The first-order valence-electron chi connectivity index (χ1n) is 4.78. The van der Waals surface area contributed by atoms with Crippen LogP contribution in [0.1, 0.15) is 18.4 Å². The van der Waals surface area contributed by atoms with E-state index in [0.29, 0.717) is 18.9 Å². The maximum absolute atomic E-state index is 13.6. The molecule has 0 unspecified atom stereocenters. The number of methoxy groups -OCH3 is 1. The van der Waals surface area contributed by atoms with E-state index in [0.717, 1.165) is 6.07 Å². The zero-order valence-electron chi connectivity index (χ0n) is 8.59. The smallest absolute Gasteiger partial charge is 0.314 e. The standard InChI is InChI=1S/C11H10F2O3/c1-16-8-5-6(12)4-7(13)9(8)11(2-3-11)10(14)15/h4-5H,2-3H2,1H3,(H,14,15). The van der Waals surface area contributed by atoms with E-state index in [2.05, 4.69) is 0 Å². The van der Waals surface area contributed by atoms with Gasteiger partial charge in [0.2, 0.25) is 0 Å². The number of rotatable bonds is 3. The van der Waals surface area contributed by atoms with Gasteiger partial charge in [-0.3, -0.25) is 4.79 Å². The van der Waals surface area contributed by atoms with Crippen molar-refractivity contribution < 1.29 is 23.4 Å². The maximum atomic E-state index is 13.6. The molecule has 0 amide bonds. The SMILES string of the molecule is COc1cc(F)cc(F)c1C1(C(=O)O)CC1. The number of aliphatic carboxylic acids is 1. The highest BCUT2D eigenvalue weighted by Gasteiger charge is 2.55. The fraction of sp³-hybridized carbons (Fsp3) is 0.364. The second-order valence-electron chi connectivity index (χ2n) is 3.85. The van der Waals surface area contributed by atoms with Gasteiger partial charge in [-0.25, -0.2) is 8.78 Å². The van der Waals surface area contributed by atoms with Crippen LogP contribution in [0.4, 0.5) is 8.78 Å². The third-order valence-electron chi connectivity index (χ3n) is 2.88. The van der Waals surface area contributed by atoms with Crippen LogP contribution >= 0.6 is 0 Å². The van der Waals surface area contributed by atoms with Crippen LogP contribution in [-0.4, -0.2) is 18.2 Å². The predicted octanol–water partition coefficient (Wildman–Crippen LogP) is 2.09. The van der Waals surface area contributed by atoms with E-state index >= 15 is 0 Å². The Bertz CT molecular complexity index is 453. The summed E-state index contributed by atoms with van der Waals surface area (Å²) in [6.45, 7) is 0. The molecule has 1 aromatic carbocycles. The molecule has 86 valence electrons. The normalized spacial score (nSPS) is 16.9. The van der Waals surface area contributed by atoms with Crippen LogP contribution < -0.4 is 4.74 Å². The van der Waals surface area contributed by atoms with Crippen LogP contribution in [0, 0.1) is 11.6 Å². The van der Waals surface area contributed by atoms with Crippen molar-refractivity contribution in [2.75, 3.05) is 7.11 Å². The van der Waals surface area contributed by atoms with Gasteiger partial charge in [-0.15, -0.1) is 0 Å². The maximum Gasteiger partial charge on any atom is 0.314 e. The van der Waals surface area contributed by atoms with Crippen molar-refractivity contribution in [3.05, 3.63) is 29.3 Å². The molecular weight excluding hydrogens is 218 g/mol. The van der Waals surface area contributed by atoms with Crippen LogP contribution in [0.3, 0.4) is 0 Å². The van der Waals surface area contributed by atoms with Crippen molar-refractivity contribution >= 4 is 5.97 Å². The lowest BCUT2D eigenvalue weighted by Gasteiger charge is -2.15. The Labute approximate surface area is 90.7 Å². The highest BCUT2D eigenvalue weighted by Crippen LogP contribution is 2.52. The number of benzene rings is 1. The Morgan fingerprint density at radius 1 is 1.44 bits per heavy atom. The first-order chi connectivity index (χ1) is 7.51. The van der Waals surface area contributed by atoms with Gasteiger partial charge in [-0.05, 0) is 12.8 Å². The van der Waals surface area contributed by atoms with Crippen molar-refractivity contribution in [1.29, 1.82) is 0 Å². The Kier molecular flexibility index (Phi) is 2.33. The van der Waals surface area contributed by atoms with Gasteiger partial charge in [-0.2, -0.15) is 0 Å². The van der Waals surface area contributed by atoms with Gasteiger partial charge in [-0.1, -0.05) is 0 Å². The molecule has 0 radical (unpaired) electrons. The molecule has 2 rings (SSSR count). The van der Waals surface area contributed by atoms with E-state index in [1.807, 2.05) is 0 Å². The molecule has 0 saturated heterocycles. The molecule has 3 nitrogen and oxygen atoms in total. The zero-order valence-corrected chi connectivity index (χ0v) is 8.59. The van der Waals surface area contributed by atoms with E-state index in [9.17, 15) is 13.6 Å². The van der Waals surface area contributed by atoms with Crippen LogP contribution in [0.25, 0.3) is 0 Å². The summed E-state index contributed by atoms with van der Waals surface area (Å²) in [4.78, 5) is 11.1. The lowest BCUT2D eigenvalue weighted by atomic mass is 9.94. The third kappa shape index (κ3) is 1.43. The van der Waals surface area contributed by atoms with Crippen molar-refractivity contribution in [2.24, 2.45) is 0 Å². The quantitative estimate of drug-likeness (QED) is 0.861. The molecule has 5 heteroatoms. The Hall–Kier alpha value is -1.65. The molecule has 1 aliphatic rings. The van der Waals surface area contributed by atoms with Crippen molar-refractivity contribution in [2.45, 2.75) is 18.3 Å². The topological polar surface area (TPSA) is 46.5 Å². The lowest BCUT2D eigenvalue weighted by molar-refractivity contribution is -0.140. The fourth-order valence-corrected chi connectivity index (χ4v) is 1.87. The summed E-state index contributed by atoms with van der Waals surface area (Å²) in [5.41, 5.74) is -1.28. The average molecular weight is 228 g/mol. The predicted molar refractivity (Wildman–Crippen MR) is 51.5 cm³/mol. The zero-order chi connectivity index (χ0) is 11.9. The van der Waals surface area contributed by atoms with Gasteiger partial charge in [0, 0.05) is 17.7 Å². The second kappa shape index (κ2) is 3.43. The lowest BCUT2D eigenvalue weighted by Crippen LogP contribution is -2.22. The first-order valence-corrected chi connectivity index (χ1v) is 4.78. The molecule has 0 atom stereocenters. The van der Waals surface area contributed by atoms with Gasteiger partial charge in [0.15, 0.2) is 0 Å². The van der Waals surface area contributed by atoms with Crippen LogP contribution in [0.15, 0.2) is 12.1 Å². The summed E-state index contributed by atoms with van der Waals surface area (Å²) in [6, 6.07) is 1.68. The van der Waals surface area contributed by atoms with E-state index < -0.39 is 23.0 Å². The van der Waals surface area contributed by atoms with Crippen LogP contribution in [0.2, 0.25) is 0 Å². The summed E-state index contributed by atoms with van der Waals surface area (Å²) in [7, 11) is 1.26. The molecule has 1 fully saturated rings. The van der Waals surface area contributed by atoms with Crippen molar-refractivity contribution in [3.63, 3.8) is 0 Å². The molecular formula is C11H10F2O3. The summed E-state index contributed by atoms with van der Waals surface area (Å²) in [6.07, 6.45) is 0.697. The van der Waals surface area contributed by atoms with Gasteiger partial charge in [0.25, 0.3) is 0 Å². The van der Waals surface area contributed by atoms with Crippen molar-refractivity contribution in [3.8, 4) is 5.75 Å². The second-order valence-corrected chi connectivity index (χ2v) is 3.85. The number of carboxylic acid groups (broad SMARTS) is 1. The molecule has 0 spiro atoms. The Morgan fingerprint density at radius 3 is 2.50 bits per heavy atom. The molecule has 1 N–H and O–H groups in total. The number of halogens is 2. The van der Waals surface area contributed by atoms with Crippen LogP contribution in [-0.2, 0) is 10.2 Å². The number of carbonyl (C=O) groups is 1. The van der Waals surface area contributed by atoms with Crippen LogP contribution in [0.5, 0.6) is 5.75 Å². The third-order valence-corrected chi connectivity index (χ3v) is 2.88. The minimum atomic E-state index is -1.23. The monoisotopic (exact) mass is 228 g/mol. The Balaban J connectivity index is 2.60. The number of hydrogen-bond donors (Lipinski definition) is 1. The summed E-state index contributed by atoms with van der Waals surface area (Å²) in [5, 5.41) is 9.05. The van der Waals surface area contributed by atoms with Gasteiger partial charge < -0.3 is 9.84 Å². The number of ether oxygens (including phenoxy) is 1. The average Bonchev–Trinajstić information content (AvgIpc) is 2.97. The van der Waals surface area contributed by atoms with E-state index in [-0.39, 0.29) is 11.3 Å². The summed E-state index contributed by atoms with van der Waals surface area (Å²) < 4.78 is 31.4. The molecule has 0 heterocycles.